The van der Waals surface area contributed by atoms with Crippen LogP contribution in [0.1, 0.15) is 11.8 Å². The molecule has 4 N–H and O–H groups in total. The lowest BCUT2D eigenvalue weighted by atomic mass is 10.1. The molecule has 0 bridgehead atoms. The normalized spacial score (nSPS) is 29.4. The fraction of sp³-hybridized carbons (Fsp3) is 0.500. The lowest BCUT2D eigenvalue weighted by molar-refractivity contribution is -0.0538. The summed E-state index contributed by atoms with van der Waals surface area (Å²) in [5, 5.41) is 29.4. The van der Waals surface area contributed by atoms with Crippen molar-refractivity contribution >= 4 is 23.3 Å². The fourth-order valence-corrected chi connectivity index (χ4v) is 2.69. The smallest absolute Gasteiger partial charge is 0.203 e. The quantitative estimate of drug-likeness (QED) is 0.588. The Kier molecular flexibility index (Phi) is 3.54. The highest BCUT2D eigenvalue weighted by Crippen LogP contribution is 2.30. The number of aromatic amines is 1. The van der Waals surface area contributed by atoms with Crippen LogP contribution >= 0.6 is 12.2 Å². The van der Waals surface area contributed by atoms with E-state index in [9.17, 15) is 14.6 Å². The third kappa shape index (κ3) is 2.17. The van der Waals surface area contributed by atoms with Gasteiger partial charge in [0.15, 0.2) is 12.2 Å². The zero-order chi connectivity index (χ0) is 15.3. The number of nitrogens with zero attached hydrogens (tertiary/aromatic N) is 2. The molecule has 0 radical (unpaired) electrons. The number of aliphatic hydroxyl groups is 3. The van der Waals surface area contributed by atoms with Crippen LogP contribution < -0.4 is 0 Å². The van der Waals surface area contributed by atoms with Gasteiger partial charge in [0.1, 0.15) is 24.0 Å². The summed E-state index contributed by atoms with van der Waals surface area (Å²) in [4.78, 5) is 6.53. The summed E-state index contributed by atoms with van der Waals surface area (Å²) in [5.74, 6) is -0.509. The molecular formula is C12H14FN3O4S. The van der Waals surface area contributed by atoms with Gasteiger partial charge < -0.3 is 25.0 Å². The molecule has 2 aromatic rings. The molecule has 7 nitrogen and oxygen atoms in total. The zero-order valence-electron chi connectivity index (χ0n) is 11.0. The van der Waals surface area contributed by atoms with Crippen molar-refractivity contribution in [3.05, 3.63) is 22.5 Å². The summed E-state index contributed by atoms with van der Waals surface area (Å²) in [5.41, 5.74) is 0.672. The van der Waals surface area contributed by atoms with E-state index in [1.54, 1.807) is 6.92 Å². The lowest BCUT2D eigenvalue weighted by Gasteiger charge is -2.18. The number of fused-ring (bicyclic) bond motifs is 1. The summed E-state index contributed by atoms with van der Waals surface area (Å²) in [6, 6.07) is 0. The third-order valence-electron chi connectivity index (χ3n) is 3.70. The molecule has 3 heterocycles. The second-order valence-electron chi connectivity index (χ2n) is 4.99. The molecule has 1 aliphatic rings. The Hall–Kier alpha value is -1.39. The Morgan fingerprint density at radius 3 is 2.81 bits per heavy atom. The van der Waals surface area contributed by atoms with E-state index >= 15 is 0 Å². The summed E-state index contributed by atoms with van der Waals surface area (Å²) < 4.78 is 20.4. The predicted octanol–water partition coefficient (Wildman–Crippen LogP) is 0.153. The molecule has 0 aliphatic carbocycles. The van der Waals surface area contributed by atoms with Gasteiger partial charge in [-0.05, 0) is 19.1 Å². The van der Waals surface area contributed by atoms with Crippen LogP contribution in [0.4, 0.5) is 4.39 Å². The largest absolute Gasteiger partial charge is 0.394 e. The molecule has 2 aromatic heterocycles. The fourth-order valence-electron chi connectivity index (χ4n) is 2.45. The molecule has 1 fully saturated rings. The van der Waals surface area contributed by atoms with Crippen LogP contribution in [-0.2, 0) is 4.74 Å². The molecule has 1 aliphatic heterocycles. The molecular weight excluding hydrogens is 301 g/mol. The van der Waals surface area contributed by atoms with Gasteiger partial charge in [0.25, 0.3) is 0 Å². The van der Waals surface area contributed by atoms with E-state index in [4.69, 9.17) is 22.1 Å². The van der Waals surface area contributed by atoms with E-state index in [-0.39, 0.29) is 4.77 Å². The number of ether oxygens (including phenoxy) is 1. The molecule has 0 amide bonds. The van der Waals surface area contributed by atoms with E-state index in [1.807, 2.05) is 0 Å². The SMILES string of the molecule is Cc1c(F)[nH]c2nc(=S)n(C3OC(CO)C(O)C3O)cc12. The first-order valence-electron chi connectivity index (χ1n) is 6.33. The number of hydrogen-bond donors (Lipinski definition) is 4. The van der Waals surface area contributed by atoms with Crippen molar-refractivity contribution in [1.29, 1.82) is 0 Å². The van der Waals surface area contributed by atoms with Gasteiger partial charge in [0.2, 0.25) is 4.77 Å². The number of halogens is 1. The number of rotatable bonds is 2. The number of hydrogen-bond acceptors (Lipinski definition) is 6. The third-order valence-corrected chi connectivity index (χ3v) is 4.01. The van der Waals surface area contributed by atoms with E-state index in [0.29, 0.717) is 16.6 Å². The van der Waals surface area contributed by atoms with Crippen molar-refractivity contribution < 1.29 is 24.4 Å². The van der Waals surface area contributed by atoms with E-state index < -0.39 is 37.1 Å². The average Bonchev–Trinajstić information content (AvgIpc) is 2.88. The van der Waals surface area contributed by atoms with Crippen molar-refractivity contribution in [3.63, 3.8) is 0 Å². The molecule has 1 saturated heterocycles. The highest BCUT2D eigenvalue weighted by atomic mass is 32.1. The van der Waals surface area contributed by atoms with Crippen LogP contribution in [0.3, 0.4) is 0 Å². The molecule has 0 aromatic carbocycles. The minimum Gasteiger partial charge on any atom is -0.394 e. The standard InChI is InChI=1S/C12H14FN3O4S/c1-4-5-2-16(12(21)15-10(5)14-9(4)13)11-8(19)7(18)6(3-17)20-11/h2,6-8,11,17-19H,3H2,1H3,(H,14,15,21). The first-order chi connectivity index (χ1) is 9.93. The molecule has 21 heavy (non-hydrogen) atoms. The van der Waals surface area contributed by atoms with Gasteiger partial charge in [-0.2, -0.15) is 4.39 Å². The molecule has 0 saturated carbocycles. The Bertz CT molecular complexity index is 746. The maximum atomic E-state index is 13.5. The molecule has 9 heteroatoms. The van der Waals surface area contributed by atoms with Gasteiger partial charge in [-0.1, -0.05) is 0 Å². The molecule has 4 atom stereocenters. The predicted molar refractivity (Wildman–Crippen MR) is 72.6 cm³/mol. The Labute approximate surface area is 123 Å². The molecule has 114 valence electrons. The summed E-state index contributed by atoms with van der Waals surface area (Å²) in [6.45, 7) is 1.15. The van der Waals surface area contributed by atoms with Gasteiger partial charge >= 0.3 is 0 Å². The van der Waals surface area contributed by atoms with Crippen LogP contribution in [0.5, 0.6) is 0 Å². The van der Waals surface area contributed by atoms with Crippen LogP contribution in [0.2, 0.25) is 0 Å². The van der Waals surface area contributed by atoms with Gasteiger partial charge in [0.05, 0.1) is 6.61 Å². The number of H-pyrrole nitrogens is 1. The van der Waals surface area contributed by atoms with Gasteiger partial charge in [-0.15, -0.1) is 0 Å². The summed E-state index contributed by atoms with van der Waals surface area (Å²) in [7, 11) is 0. The van der Waals surface area contributed by atoms with Gasteiger partial charge in [0, 0.05) is 17.1 Å². The van der Waals surface area contributed by atoms with Crippen LogP contribution in [0.25, 0.3) is 11.0 Å². The molecule has 3 rings (SSSR count). The minimum atomic E-state index is -1.27. The van der Waals surface area contributed by atoms with Gasteiger partial charge in [-0.3, -0.25) is 4.57 Å². The Morgan fingerprint density at radius 1 is 1.48 bits per heavy atom. The van der Waals surface area contributed by atoms with Crippen molar-refractivity contribution in [2.75, 3.05) is 6.61 Å². The average molecular weight is 315 g/mol. The van der Waals surface area contributed by atoms with Crippen molar-refractivity contribution in [2.24, 2.45) is 0 Å². The molecule has 4 unspecified atom stereocenters. The first-order valence-corrected chi connectivity index (χ1v) is 6.74. The number of aryl methyl sites for hydroxylation is 1. The first kappa shape index (κ1) is 14.5. The highest BCUT2D eigenvalue weighted by Gasteiger charge is 2.43. The monoisotopic (exact) mass is 315 g/mol. The highest BCUT2D eigenvalue weighted by molar-refractivity contribution is 7.71. The van der Waals surface area contributed by atoms with Crippen LogP contribution in [-0.4, -0.2) is 54.8 Å². The van der Waals surface area contributed by atoms with E-state index in [2.05, 4.69) is 9.97 Å². The maximum absolute atomic E-state index is 13.5. The Balaban J connectivity index is 2.10. The molecule has 0 spiro atoms. The van der Waals surface area contributed by atoms with Crippen molar-refractivity contribution in [2.45, 2.75) is 31.5 Å². The van der Waals surface area contributed by atoms with Crippen LogP contribution in [0.15, 0.2) is 6.20 Å². The van der Waals surface area contributed by atoms with E-state index in [0.717, 1.165) is 0 Å². The number of aromatic nitrogens is 3. The Morgan fingerprint density at radius 2 is 2.19 bits per heavy atom. The lowest BCUT2D eigenvalue weighted by Crippen LogP contribution is -2.33. The number of aliphatic hydroxyl groups excluding tert-OH is 3. The van der Waals surface area contributed by atoms with Crippen molar-refractivity contribution in [3.8, 4) is 0 Å². The topological polar surface area (TPSA) is 104 Å². The summed E-state index contributed by atoms with van der Waals surface area (Å²) >= 11 is 5.11. The maximum Gasteiger partial charge on any atom is 0.203 e. The second kappa shape index (κ2) is 5.11. The zero-order valence-corrected chi connectivity index (χ0v) is 11.8. The van der Waals surface area contributed by atoms with Crippen molar-refractivity contribution in [1.82, 2.24) is 14.5 Å². The minimum absolute atomic E-state index is 0.0681. The van der Waals surface area contributed by atoms with Gasteiger partial charge in [-0.25, -0.2) is 4.98 Å². The second-order valence-corrected chi connectivity index (χ2v) is 5.35. The van der Waals surface area contributed by atoms with Crippen LogP contribution in [0, 0.1) is 17.6 Å². The van der Waals surface area contributed by atoms with E-state index in [1.165, 1.54) is 10.8 Å². The summed E-state index contributed by atoms with van der Waals surface area (Å²) in [6.07, 6.45) is -2.88. The number of nitrogens with one attached hydrogen (secondary N) is 1.